The molecule has 4 atom stereocenters. The highest BCUT2D eigenvalue weighted by molar-refractivity contribution is 7.45. The summed E-state index contributed by atoms with van der Waals surface area (Å²) >= 11 is 0. The fourth-order valence-corrected chi connectivity index (χ4v) is 1.83. The van der Waals surface area contributed by atoms with Crippen LogP contribution >= 0.6 is 7.82 Å². The number of rotatable bonds is 2. The van der Waals surface area contributed by atoms with Gasteiger partial charge in [-0.05, 0) is 6.07 Å². The van der Waals surface area contributed by atoms with Gasteiger partial charge in [-0.3, -0.25) is 10.3 Å². The van der Waals surface area contributed by atoms with Gasteiger partial charge in [0, 0.05) is 6.20 Å². The van der Waals surface area contributed by atoms with Crippen molar-refractivity contribution in [2.24, 2.45) is 5.73 Å². The van der Waals surface area contributed by atoms with Gasteiger partial charge in [-0.15, -0.1) is 0 Å². The van der Waals surface area contributed by atoms with Crippen LogP contribution in [-0.4, -0.2) is 64.1 Å². The first-order chi connectivity index (χ1) is 10.4. The number of nitrogens with two attached hydrogens (primary N) is 2. The maximum absolute atomic E-state index is 11.6. The van der Waals surface area contributed by atoms with Crippen LogP contribution in [0.2, 0.25) is 0 Å². The minimum Gasteiger partial charge on any atom is -0.394 e. The van der Waals surface area contributed by atoms with Crippen molar-refractivity contribution in [3.8, 4) is 0 Å². The normalized spacial score (nSPS) is 30.7. The molecule has 10 N–H and O–H groups in total. The van der Waals surface area contributed by atoms with Gasteiger partial charge < -0.3 is 40.5 Å². The molecule has 1 aliphatic heterocycles. The average Bonchev–Trinajstić information content (AvgIpc) is 2.60. The van der Waals surface area contributed by atoms with Crippen molar-refractivity contribution in [2.45, 2.75) is 24.2 Å². The molecule has 1 aliphatic rings. The van der Waals surface area contributed by atoms with Crippen LogP contribution in [0.15, 0.2) is 17.1 Å². The summed E-state index contributed by atoms with van der Waals surface area (Å²) in [5.41, 5.74) is 7.85. The predicted molar refractivity (Wildman–Crippen MR) is 73.3 cm³/mol. The van der Waals surface area contributed by atoms with E-state index in [9.17, 15) is 15.0 Å². The Hall–Kier alpha value is -1.41. The molecular formula is C9H17N4O9P. The van der Waals surface area contributed by atoms with E-state index in [-0.39, 0.29) is 5.82 Å². The maximum Gasteiger partial charge on any atom is 0.466 e. The molecular weight excluding hydrogens is 339 g/mol. The second kappa shape index (κ2) is 7.00. The van der Waals surface area contributed by atoms with Gasteiger partial charge in [0.25, 0.3) is 0 Å². The molecule has 0 bridgehead atoms. The minimum absolute atomic E-state index is 0.00839. The molecule has 1 fully saturated rings. The quantitative estimate of drug-likeness (QED) is 0.186. The van der Waals surface area contributed by atoms with Gasteiger partial charge in [0.1, 0.15) is 18.0 Å². The van der Waals surface area contributed by atoms with Gasteiger partial charge in [0.05, 0.1) is 6.61 Å². The molecule has 132 valence electrons. The Morgan fingerprint density at radius 2 is 1.96 bits per heavy atom. The zero-order valence-electron chi connectivity index (χ0n) is 11.5. The third-order valence-corrected chi connectivity index (χ3v) is 2.81. The SMILES string of the molecule is Nc1ccn([C@@H]2O[C@H](CO)[C@@H](O)[C@@]2(N)O)c(=O)n1.O=P(O)(O)O. The van der Waals surface area contributed by atoms with Crippen LogP contribution in [0.25, 0.3) is 0 Å². The van der Waals surface area contributed by atoms with Crippen LogP contribution in [0.3, 0.4) is 0 Å². The molecule has 2 rings (SSSR count). The van der Waals surface area contributed by atoms with Crippen LogP contribution in [-0.2, 0) is 9.30 Å². The minimum atomic E-state index is -4.64. The van der Waals surface area contributed by atoms with Crippen molar-refractivity contribution in [1.82, 2.24) is 9.55 Å². The zero-order valence-corrected chi connectivity index (χ0v) is 12.4. The molecule has 0 aliphatic carbocycles. The molecule has 2 heterocycles. The molecule has 0 unspecified atom stereocenters. The lowest BCUT2D eigenvalue weighted by Gasteiger charge is -2.26. The Morgan fingerprint density at radius 1 is 1.43 bits per heavy atom. The molecule has 0 radical (unpaired) electrons. The number of ether oxygens (including phenoxy) is 1. The fourth-order valence-electron chi connectivity index (χ4n) is 1.83. The van der Waals surface area contributed by atoms with Crippen molar-refractivity contribution >= 4 is 13.6 Å². The molecule has 1 aromatic rings. The summed E-state index contributed by atoms with van der Waals surface area (Å²) in [6.07, 6.45) is -2.74. The Kier molecular flexibility index (Phi) is 5.98. The van der Waals surface area contributed by atoms with E-state index in [1.807, 2.05) is 0 Å². The van der Waals surface area contributed by atoms with Crippen molar-refractivity contribution in [3.05, 3.63) is 22.7 Å². The average molecular weight is 356 g/mol. The second-order valence-corrected chi connectivity index (χ2v) is 5.62. The first-order valence-corrected chi connectivity index (χ1v) is 7.53. The summed E-state index contributed by atoms with van der Waals surface area (Å²) in [4.78, 5) is 36.6. The summed E-state index contributed by atoms with van der Waals surface area (Å²) in [7, 11) is -4.64. The van der Waals surface area contributed by atoms with E-state index in [1.165, 1.54) is 12.3 Å². The van der Waals surface area contributed by atoms with E-state index >= 15 is 0 Å². The van der Waals surface area contributed by atoms with E-state index < -0.39 is 44.3 Å². The number of aromatic nitrogens is 2. The highest BCUT2D eigenvalue weighted by Gasteiger charge is 2.54. The van der Waals surface area contributed by atoms with Gasteiger partial charge in [0.2, 0.25) is 0 Å². The molecule has 0 spiro atoms. The van der Waals surface area contributed by atoms with Crippen LogP contribution in [0.4, 0.5) is 5.82 Å². The van der Waals surface area contributed by atoms with Gasteiger partial charge in [0.15, 0.2) is 12.0 Å². The summed E-state index contributed by atoms with van der Waals surface area (Å²) < 4.78 is 14.9. The van der Waals surface area contributed by atoms with Crippen LogP contribution in [0.5, 0.6) is 0 Å². The van der Waals surface area contributed by atoms with Gasteiger partial charge >= 0.3 is 13.5 Å². The van der Waals surface area contributed by atoms with E-state index in [0.717, 1.165) is 4.57 Å². The summed E-state index contributed by atoms with van der Waals surface area (Å²) in [6, 6.07) is 1.32. The maximum atomic E-state index is 11.6. The summed E-state index contributed by atoms with van der Waals surface area (Å²) in [5, 5.41) is 28.6. The highest BCUT2D eigenvalue weighted by Crippen LogP contribution is 2.33. The third kappa shape index (κ3) is 5.04. The Morgan fingerprint density at radius 3 is 2.35 bits per heavy atom. The standard InChI is InChI=1S/C9H14N4O5.H3O4P/c10-5-1-2-13(8(16)12-5)7-9(11,17)6(15)4(3-14)18-7;1-5(2,3)4/h1-2,4,6-7,14-15,17H,3,11H2,(H2,10,12,16);(H3,1,2,3,4)/t4-,6-,7-,9-;/m1./s1. The number of hydrogen-bond acceptors (Lipinski definition) is 9. The van der Waals surface area contributed by atoms with E-state index in [1.54, 1.807) is 0 Å². The lowest BCUT2D eigenvalue weighted by molar-refractivity contribution is -0.107. The highest BCUT2D eigenvalue weighted by atomic mass is 31.2. The lowest BCUT2D eigenvalue weighted by atomic mass is 10.1. The van der Waals surface area contributed by atoms with Gasteiger partial charge in [-0.2, -0.15) is 4.98 Å². The van der Waals surface area contributed by atoms with Crippen molar-refractivity contribution in [1.29, 1.82) is 0 Å². The number of aliphatic hydroxyl groups is 3. The monoisotopic (exact) mass is 356 g/mol. The summed E-state index contributed by atoms with van der Waals surface area (Å²) in [6.45, 7) is -0.547. The second-order valence-electron chi connectivity index (χ2n) is 4.60. The van der Waals surface area contributed by atoms with E-state index in [4.69, 9.17) is 40.6 Å². The largest absolute Gasteiger partial charge is 0.466 e. The summed E-state index contributed by atoms with van der Waals surface area (Å²) in [5.74, 6) is 0.00839. The predicted octanol–water partition coefficient (Wildman–Crippen LogP) is -4.21. The molecule has 0 amide bonds. The third-order valence-electron chi connectivity index (χ3n) is 2.81. The topological polar surface area (TPSA) is 235 Å². The molecule has 23 heavy (non-hydrogen) atoms. The van der Waals surface area contributed by atoms with Crippen molar-refractivity contribution < 1.29 is 39.3 Å². The first kappa shape index (κ1) is 19.6. The molecule has 1 saturated heterocycles. The number of nitrogens with zero attached hydrogens (tertiary/aromatic N) is 2. The van der Waals surface area contributed by atoms with E-state index in [2.05, 4.69) is 4.98 Å². The van der Waals surface area contributed by atoms with Crippen molar-refractivity contribution in [3.63, 3.8) is 0 Å². The van der Waals surface area contributed by atoms with Gasteiger partial charge in [-0.25, -0.2) is 9.36 Å². The lowest BCUT2D eigenvalue weighted by Crippen LogP contribution is -2.55. The molecule has 0 saturated carbocycles. The van der Waals surface area contributed by atoms with Crippen LogP contribution < -0.4 is 17.2 Å². The number of anilines is 1. The Balaban J connectivity index is 0.000000463. The van der Waals surface area contributed by atoms with Crippen LogP contribution in [0, 0.1) is 0 Å². The zero-order chi connectivity index (χ0) is 18.0. The molecule has 0 aromatic carbocycles. The van der Waals surface area contributed by atoms with E-state index in [0.29, 0.717) is 0 Å². The van der Waals surface area contributed by atoms with Gasteiger partial charge in [-0.1, -0.05) is 0 Å². The number of nitrogen functional groups attached to an aromatic ring is 1. The smallest absolute Gasteiger partial charge is 0.394 e. The fraction of sp³-hybridized carbons (Fsp3) is 0.556. The molecule has 14 heteroatoms. The Bertz CT molecular complexity index is 636. The molecule has 13 nitrogen and oxygen atoms in total. The molecule has 1 aromatic heterocycles. The number of aliphatic hydroxyl groups excluding tert-OH is 2. The first-order valence-electron chi connectivity index (χ1n) is 5.96. The van der Waals surface area contributed by atoms with Crippen LogP contribution in [0.1, 0.15) is 6.23 Å². The van der Waals surface area contributed by atoms with Crippen molar-refractivity contribution in [2.75, 3.05) is 12.3 Å². The number of phosphoric acid groups is 1. The number of hydrogen-bond donors (Lipinski definition) is 8. The Labute approximate surface area is 128 Å².